The highest BCUT2D eigenvalue weighted by atomic mass is 16.4. The van der Waals surface area contributed by atoms with Crippen LogP contribution in [0.1, 0.15) is 71.1 Å². The quantitative estimate of drug-likeness (QED) is 0.371. The molecule has 1 atom stereocenters. The summed E-state index contributed by atoms with van der Waals surface area (Å²) < 4.78 is 0. The van der Waals surface area contributed by atoms with Crippen molar-refractivity contribution in [1.82, 2.24) is 0 Å². The van der Waals surface area contributed by atoms with Gasteiger partial charge >= 0.3 is 23.9 Å². The lowest BCUT2D eigenvalue weighted by Gasteiger charge is -2.09. The molecule has 0 heterocycles. The van der Waals surface area contributed by atoms with E-state index in [0.717, 1.165) is 19.3 Å². The summed E-state index contributed by atoms with van der Waals surface area (Å²) in [6.07, 6.45) is 6.16. The minimum Gasteiger partial charge on any atom is -0.481 e. The summed E-state index contributed by atoms with van der Waals surface area (Å²) >= 11 is 0. The summed E-state index contributed by atoms with van der Waals surface area (Å²) in [6, 6.07) is 0. The van der Waals surface area contributed by atoms with E-state index in [1.54, 1.807) is 0 Å². The van der Waals surface area contributed by atoms with Crippen LogP contribution in [-0.2, 0) is 19.2 Å². The monoisotopic (exact) mass is 348 g/mol. The molecule has 0 aromatic carbocycles. The molecule has 0 aromatic rings. The Morgan fingerprint density at radius 1 is 0.708 bits per heavy atom. The van der Waals surface area contributed by atoms with Gasteiger partial charge in [-0.15, -0.1) is 0 Å². The predicted octanol–water partition coefficient (Wildman–Crippen LogP) is 2.85. The predicted molar refractivity (Wildman–Crippen MR) is 85.9 cm³/mol. The molecule has 0 saturated carbocycles. The Morgan fingerprint density at radius 3 is 1.54 bits per heavy atom. The maximum atomic E-state index is 10.7. The van der Waals surface area contributed by atoms with Gasteiger partial charge in [-0.05, 0) is 6.42 Å². The first kappa shape index (κ1) is 24.1. The van der Waals surface area contributed by atoms with Crippen molar-refractivity contribution in [1.29, 1.82) is 0 Å². The Morgan fingerprint density at radius 2 is 1.17 bits per heavy atom. The van der Waals surface area contributed by atoms with Gasteiger partial charge in [-0.3, -0.25) is 19.2 Å². The third-order valence-electron chi connectivity index (χ3n) is 3.23. The molecule has 0 amide bonds. The number of hydrogen-bond acceptors (Lipinski definition) is 4. The molecule has 140 valence electrons. The van der Waals surface area contributed by atoms with E-state index in [9.17, 15) is 19.2 Å². The maximum Gasteiger partial charge on any atom is 0.307 e. The maximum absolute atomic E-state index is 10.7. The van der Waals surface area contributed by atoms with Gasteiger partial charge < -0.3 is 20.4 Å². The van der Waals surface area contributed by atoms with Gasteiger partial charge in [-0.25, -0.2) is 0 Å². The van der Waals surface area contributed by atoms with Crippen LogP contribution in [0.4, 0.5) is 0 Å². The highest BCUT2D eigenvalue weighted by Crippen LogP contribution is 2.15. The molecule has 8 nitrogen and oxygen atoms in total. The van der Waals surface area contributed by atoms with Crippen molar-refractivity contribution in [3.05, 3.63) is 0 Å². The molecule has 0 fully saturated rings. The van der Waals surface area contributed by atoms with Gasteiger partial charge in [0.15, 0.2) is 0 Å². The summed E-state index contributed by atoms with van der Waals surface area (Å²) in [4.78, 5) is 40.4. The van der Waals surface area contributed by atoms with Crippen LogP contribution in [-0.4, -0.2) is 44.3 Å². The van der Waals surface area contributed by atoms with Crippen molar-refractivity contribution in [3.8, 4) is 0 Å². The highest BCUT2D eigenvalue weighted by Gasteiger charge is 2.19. The molecule has 0 rings (SSSR count). The van der Waals surface area contributed by atoms with E-state index in [2.05, 4.69) is 6.92 Å². The van der Waals surface area contributed by atoms with Crippen LogP contribution < -0.4 is 0 Å². The number of carbonyl (C=O) groups is 4. The molecule has 0 spiro atoms. The molecule has 0 aliphatic heterocycles. The van der Waals surface area contributed by atoms with E-state index >= 15 is 0 Å². The summed E-state index contributed by atoms with van der Waals surface area (Å²) in [5.41, 5.74) is 0. The molecule has 4 N–H and O–H groups in total. The molecule has 8 heteroatoms. The lowest BCUT2D eigenvalue weighted by Crippen LogP contribution is -2.17. The van der Waals surface area contributed by atoms with Crippen molar-refractivity contribution < 1.29 is 39.6 Å². The number of rotatable bonds is 13. The van der Waals surface area contributed by atoms with Crippen LogP contribution >= 0.6 is 0 Å². The molecule has 0 aliphatic carbocycles. The van der Waals surface area contributed by atoms with E-state index in [0.29, 0.717) is 6.42 Å². The third kappa shape index (κ3) is 19.9. The minimum atomic E-state index is -1.08. The average molecular weight is 348 g/mol. The summed E-state index contributed by atoms with van der Waals surface area (Å²) in [6.45, 7) is 2.15. The third-order valence-corrected chi connectivity index (χ3v) is 3.23. The number of aliphatic carboxylic acids is 4. The van der Waals surface area contributed by atoms with Crippen LogP contribution in [0.15, 0.2) is 0 Å². The largest absolute Gasteiger partial charge is 0.481 e. The molecule has 0 aromatic heterocycles. The average Bonchev–Trinajstić information content (AvgIpc) is 2.47. The molecular formula is C16H28O8. The first-order chi connectivity index (χ1) is 11.2. The van der Waals surface area contributed by atoms with Crippen LogP contribution in [0.3, 0.4) is 0 Å². The Balaban J connectivity index is 0. The van der Waals surface area contributed by atoms with E-state index in [-0.39, 0.29) is 19.3 Å². The van der Waals surface area contributed by atoms with Crippen LogP contribution in [0.2, 0.25) is 0 Å². The molecule has 0 aliphatic rings. The minimum absolute atomic E-state index is 0.260. The standard InChI is InChI=1S/C12H22O4.C4H6O4/c1-2-3-4-5-6-7-8-10(12(15)16)9-11(13)14;5-3(6)1-2-4(7)8/h10H,2-9H2,1H3,(H,13,14)(H,15,16);1-2H2,(H,5,6)(H,7,8). The number of hydrogen-bond donors (Lipinski definition) is 4. The number of unbranched alkanes of at least 4 members (excludes halogenated alkanes) is 5. The second-order valence-corrected chi connectivity index (χ2v) is 5.48. The van der Waals surface area contributed by atoms with Crippen molar-refractivity contribution in [2.45, 2.75) is 71.1 Å². The van der Waals surface area contributed by atoms with E-state index in [4.69, 9.17) is 20.4 Å². The zero-order valence-electron chi connectivity index (χ0n) is 14.1. The van der Waals surface area contributed by atoms with Gasteiger partial charge in [0.25, 0.3) is 0 Å². The van der Waals surface area contributed by atoms with Crippen LogP contribution in [0.5, 0.6) is 0 Å². The topological polar surface area (TPSA) is 149 Å². The fourth-order valence-corrected chi connectivity index (χ4v) is 1.91. The van der Waals surface area contributed by atoms with Crippen molar-refractivity contribution in [3.63, 3.8) is 0 Å². The van der Waals surface area contributed by atoms with Gasteiger partial charge in [0, 0.05) is 0 Å². The molecule has 0 bridgehead atoms. The van der Waals surface area contributed by atoms with Crippen molar-refractivity contribution >= 4 is 23.9 Å². The Kier molecular flexibility index (Phi) is 15.9. The zero-order valence-corrected chi connectivity index (χ0v) is 14.1. The lowest BCUT2D eigenvalue weighted by atomic mass is 9.97. The molecule has 0 radical (unpaired) electrons. The van der Waals surface area contributed by atoms with Gasteiger partial charge in [0.1, 0.15) is 0 Å². The second kappa shape index (κ2) is 15.8. The fourth-order valence-electron chi connectivity index (χ4n) is 1.91. The number of carboxylic acid groups (broad SMARTS) is 4. The van der Waals surface area contributed by atoms with Gasteiger partial charge in [-0.1, -0.05) is 45.4 Å². The van der Waals surface area contributed by atoms with Gasteiger partial charge in [0.2, 0.25) is 0 Å². The SMILES string of the molecule is CCCCCCCCC(CC(=O)O)C(=O)O.O=C(O)CCC(=O)O. The zero-order chi connectivity index (χ0) is 19.0. The van der Waals surface area contributed by atoms with Gasteiger partial charge in [0.05, 0.1) is 25.2 Å². The Bertz CT molecular complexity index is 378. The molecule has 1 unspecified atom stereocenters. The van der Waals surface area contributed by atoms with Crippen LogP contribution in [0.25, 0.3) is 0 Å². The van der Waals surface area contributed by atoms with Crippen molar-refractivity contribution in [2.24, 2.45) is 5.92 Å². The van der Waals surface area contributed by atoms with Crippen LogP contribution in [0, 0.1) is 5.92 Å². The van der Waals surface area contributed by atoms with E-state index < -0.39 is 29.8 Å². The molecule has 0 saturated heterocycles. The second-order valence-electron chi connectivity index (χ2n) is 5.48. The normalized spacial score (nSPS) is 11.0. The molecule has 24 heavy (non-hydrogen) atoms. The highest BCUT2D eigenvalue weighted by molar-refractivity contribution is 5.77. The number of carboxylic acids is 4. The van der Waals surface area contributed by atoms with Crippen molar-refractivity contribution in [2.75, 3.05) is 0 Å². The van der Waals surface area contributed by atoms with E-state index in [1.807, 2.05) is 0 Å². The summed E-state index contributed by atoms with van der Waals surface area (Å²) in [5.74, 6) is -4.89. The first-order valence-corrected chi connectivity index (χ1v) is 8.08. The Hall–Kier alpha value is -2.12. The summed E-state index contributed by atoms with van der Waals surface area (Å²) in [5, 5.41) is 33.1. The fraction of sp³-hybridized carbons (Fsp3) is 0.750. The lowest BCUT2D eigenvalue weighted by molar-refractivity contribution is -0.148. The smallest absolute Gasteiger partial charge is 0.307 e. The first-order valence-electron chi connectivity index (χ1n) is 8.08. The molecular weight excluding hydrogens is 320 g/mol. The summed E-state index contributed by atoms with van der Waals surface area (Å²) in [7, 11) is 0. The Labute approximate surface area is 141 Å². The van der Waals surface area contributed by atoms with Gasteiger partial charge in [-0.2, -0.15) is 0 Å². The van der Waals surface area contributed by atoms with E-state index in [1.165, 1.54) is 19.3 Å².